The number of anilines is 1. The minimum Gasteiger partial charge on any atom is -0.326 e. The third-order valence-corrected chi connectivity index (χ3v) is 3.69. The molecule has 0 spiro atoms. The highest BCUT2D eigenvalue weighted by molar-refractivity contribution is 6.15. The van der Waals surface area contributed by atoms with Crippen molar-refractivity contribution >= 4 is 48.2 Å². The van der Waals surface area contributed by atoms with Crippen LogP contribution in [0, 0.1) is 0 Å². The predicted molar refractivity (Wildman–Crippen MR) is 108 cm³/mol. The molecule has 3 rings (SSSR count). The number of amides is 1. The Morgan fingerprint density at radius 2 is 1.92 bits per heavy atom. The molecule has 4 nitrogen and oxygen atoms in total. The number of rotatable bonds is 3. The van der Waals surface area contributed by atoms with Crippen molar-refractivity contribution in [1.82, 2.24) is 4.98 Å². The number of hydrogen-bond acceptors (Lipinski definition) is 3. The SMILES string of the molecule is CC(=O)Nc1ccc(/C=C2\CCCN=C2c2cccnc2)cc1.Cl.Cl. The maximum absolute atomic E-state index is 11.1. The van der Waals surface area contributed by atoms with E-state index in [0.717, 1.165) is 41.9 Å². The van der Waals surface area contributed by atoms with Gasteiger partial charge in [0.2, 0.25) is 5.91 Å². The zero-order valence-electron chi connectivity index (χ0n) is 13.9. The predicted octanol–water partition coefficient (Wildman–Crippen LogP) is 4.55. The van der Waals surface area contributed by atoms with E-state index in [1.54, 1.807) is 6.20 Å². The standard InChI is InChI=1S/C19H19N3O.2ClH/c1-14(23)22-18-8-6-15(7-9-18)12-16-4-3-11-21-19(16)17-5-2-10-20-13-17;;/h2,5-10,12-13H,3-4,11H2,1H3,(H,22,23);2*1H/b16-12+;;. The van der Waals surface area contributed by atoms with Crippen molar-refractivity contribution in [3.05, 3.63) is 65.5 Å². The van der Waals surface area contributed by atoms with E-state index >= 15 is 0 Å². The van der Waals surface area contributed by atoms with E-state index < -0.39 is 0 Å². The quantitative estimate of drug-likeness (QED) is 0.852. The van der Waals surface area contributed by atoms with Crippen LogP contribution in [-0.2, 0) is 4.79 Å². The van der Waals surface area contributed by atoms with Crippen LogP contribution < -0.4 is 5.32 Å². The molecule has 0 bridgehead atoms. The van der Waals surface area contributed by atoms with Gasteiger partial charge in [-0.3, -0.25) is 14.8 Å². The number of carbonyl (C=O) groups is 1. The molecule has 1 aliphatic heterocycles. The Labute approximate surface area is 160 Å². The number of benzene rings is 1. The number of carbonyl (C=O) groups excluding carboxylic acids is 1. The summed E-state index contributed by atoms with van der Waals surface area (Å²) in [7, 11) is 0. The van der Waals surface area contributed by atoms with Crippen molar-refractivity contribution in [2.75, 3.05) is 11.9 Å². The fourth-order valence-electron chi connectivity index (χ4n) is 2.67. The van der Waals surface area contributed by atoms with Gasteiger partial charge in [0, 0.05) is 37.1 Å². The number of nitrogens with one attached hydrogen (secondary N) is 1. The van der Waals surface area contributed by atoms with Gasteiger partial charge in [0.1, 0.15) is 0 Å². The Hall–Kier alpha value is -2.17. The van der Waals surface area contributed by atoms with Crippen molar-refractivity contribution in [1.29, 1.82) is 0 Å². The van der Waals surface area contributed by atoms with Crippen molar-refractivity contribution in [3.63, 3.8) is 0 Å². The van der Waals surface area contributed by atoms with Crippen LogP contribution in [0.5, 0.6) is 0 Å². The number of aliphatic imine (C=N–C) groups is 1. The van der Waals surface area contributed by atoms with Crippen LogP contribution in [0.25, 0.3) is 6.08 Å². The summed E-state index contributed by atoms with van der Waals surface area (Å²) in [4.78, 5) is 19.9. The summed E-state index contributed by atoms with van der Waals surface area (Å²) in [6, 6.07) is 11.8. The summed E-state index contributed by atoms with van der Waals surface area (Å²) in [5.74, 6) is -0.0608. The number of nitrogens with zero attached hydrogens (tertiary/aromatic N) is 2. The molecule has 0 unspecified atom stereocenters. The summed E-state index contributed by atoms with van der Waals surface area (Å²) in [6.07, 6.45) is 7.89. The van der Waals surface area contributed by atoms with E-state index in [4.69, 9.17) is 0 Å². The summed E-state index contributed by atoms with van der Waals surface area (Å²) in [5, 5.41) is 2.78. The molecule has 2 heterocycles. The molecule has 1 N–H and O–H groups in total. The second-order valence-corrected chi connectivity index (χ2v) is 5.55. The molecule has 0 aliphatic carbocycles. The van der Waals surface area contributed by atoms with Gasteiger partial charge in [0.05, 0.1) is 5.71 Å². The molecular weight excluding hydrogens is 357 g/mol. The van der Waals surface area contributed by atoms with Gasteiger partial charge in [-0.1, -0.05) is 12.1 Å². The molecule has 25 heavy (non-hydrogen) atoms. The van der Waals surface area contributed by atoms with Crippen molar-refractivity contribution in [3.8, 4) is 0 Å². The van der Waals surface area contributed by atoms with Gasteiger partial charge in [0.25, 0.3) is 0 Å². The molecule has 0 radical (unpaired) electrons. The molecule has 132 valence electrons. The van der Waals surface area contributed by atoms with E-state index in [2.05, 4.69) is 21.4 Å². The van der Waals surface area contributed by atoms with Crippen LogP contribution in [-0.4, -0.2) is 23.1 Å². The van der Waals surface area contributed by atoms with Crippen LogP contribution in [0.15, 0.2) is 59.4 Å². The minimum absolute atomic E-state index is 0. The highest BCUT2D eigenvalue weighted by Crippen LogP contribution is 2.22. The second kappa shape index (κ2) is 9.97. The lowest BCUT2D eigenvalue weighted by Gasteiger charge is -2.16. The minimum atomic E-state index is -0.0608. The average molecular weight is 378 g/mol. The summed E-state index contributed by atoms with van der Waals surface area (Å²) >= 11 is 0. The first-order valence-corrected chi connectivity index (χ1v) is 7.76. The van der Waals surface area contributed by atoms with E-state index in [0.29, 0.717) is 0 Å². The first-order chi connectivity index (χ1) is 11.2. The Balaban J connectivity index is 0.00000156. The average Bonchev–Trinajstić information content (AvgIpc) is 2.57. The largest absolute Gasteiger partial charge is 0.326 e. The van der Waals surface area contributed by atoms with Crippen LogP contribution in [0.2, 0.25) is 0 Å². The van der Waals surface area contributed by atoms with Crippen molar-refractivity contribution < 1.29 is 4.79 Å². The fourth-order valence-corrected chi connectivity index (χ4v) is 2.67. The van der Waals surface area contributed by atoms with Crippen LogP contribution in [0.4, 0.5) is 5.69 Å². The molecular formula is C19H21Cl2N3O. The lowest BCUT2D eigenvalue weighted by molar-refractivity contribution is -0.114. The Morgan fingerprint density at radius 3 is 2.56 bits per heavy atom. The highest BCUT2D eigenvalue weighted by Gasteiger charge is 2.14. The maximum Gasteiger partial charge on any atom is 0.221 e. The van der Waals surface area contributed by atoms with Crippen LogP contribution in [0.3, 0.4) is 0 Å². The lowest BCUT2D eigenvalue weighted by Crippen LogP contribution is -2.11. The second-order valence-electron chi connectivity index (χ2n) is 5.55. The lowest BCUT2D eigenvalue weighted by atomic mass is 9.95. The van der Waals surface area contributed by atoms with Gasteiger partial charge in [0.15, 0.2) is 0 Å². The number of allylic oxidation sites excluding steroid dienone is 1. The van der Waals surface area contributed by atoms with Crippen LogP contribution >= 0.6 is 24.8 Å². The molecule has 1 aromatic carbocycles. The van der Waals surface area contributed by atoms with E-state index in [-0.39, 0.29) is 30.7 Å². The van der Waals surface area contributed by atoms with Gasteiger partial charge >= 0.3 is 0 Å². The Kier molecular flexibility index (Phi) is 8.32. The molecule has 6 heteroatoms. The first kappa shape index (κ1) is 20.9. The smallest absolute Gasteiger partial charge is 0.221 e. The maximum atomic E-state index is 11.1. The molecule has 2 aromatic rings. The van der Waals surface area contributed by atoms with Crippen LogP contribution in [0.1, 0.15) is 30.9 Å². The Bertz CT molecular complexity index is 756. The molecule has 1 amide bonds. The van der Waals surface area contributed by atoms with Crippen molar-refractivity contribution in [2.45, 2.75) is 19.8 Å². The molecule has 0 saturated carbocycles. The third kappa shape index (κ3) is 5.69. The van der Waals surface area contributed by atoms with Gasteiger partial charge in [-0.05, 0) is 54.3 Å². The fraction of sp³-hybridized carbons (Fsp3) is 0.211. The zero-order valence-corrected chi connectivity index (χ0v) is 15.6. The molecule has 0 saturated heterocycles. The normalized spacial score (nSPS) is 14.8. The third-order valence-electron chi connectivity index (χ3n) is 3.69. The number of aromatic nitrogens is 1. The van der Waals surface area contributed by atoms with Gasteiger partial charge in [-0.15, -0.1) is 24.8 Å². The number of pyridine rings is 1. The van der Waals surface area contributed by atoms with Crippen molar-refractivity contribution in [2.24, 2.45) is 4.99 Å². The summed E-state index contributed by atoms with van der Waals surface area (Å²) in [5.41, 5.74) is 5.25. The van der Waals surface area contributed by atoms with Gasteiger partial charge in [-0.25, -0.2) is 0 Å². The topological polar surface area (TPSA) is 54.4 Å². The molecule has 1 aromatic heterocycles. The van der Waals surface area contributed by atoms with Gasteiger partial charge in [-0.2, -0.15) is 0 Å². The van der Waals surface area contributed by atoms with Gasteiger partial charge < -0.3 is 5.32 Å². The van der Waals surface area contributed by atoms with E-state index in [9.17, 15) is 4.79 Å². The van der Waals surface area contributed by atoms with E-state index in [1.165, 1.54) is 12.5 Å². The summed E-state index contributed by atoms with van der Waals surface area (Å²) < 4.78 is 0. The number of halogens is 2. The Morgan fingerprint density at radius 1 is 1.16 bits per heavy atom. The summed E-state index contributed by atoms with van der Waals surface area (Å²) in [6.45, 7) is 2.37. The molecule has 0 fully saturated rings. The molecule has 0 atom stereocenters. The highest BCUT2D eigenvalue weighted by atomic mass is 35.5. The zero-order chi connectivity index (χ0) is 16.1. The monoisotopic (exact) mass is 377 g/mol. The first-order valence-electron chi connectivity index (χ1n) is 7.76. The number of hydrogen-bond donors (Lipinski definition) is 1. The van der Waals surface area contributed by atoms with E-state index in [1.807, 2.05) is 42.6 Å². The molecule has 1 aliphatic rings.